The lowest BCUT2D eigenvalue weighted by Gasteiger charge is -2.38. The van der Waals surface area contributed by atoms with Gasteiger partial charge in [0, 0.05) is 5.56 Å². The van der Waals surface area contributed by atoms with Crippen molar-refractivity contribution in [1.29, 1.82) is 0 Å². The van der Waals surface area contributed by atoms with Crippen molar-refractivity contribution < 1.29 is 31.1 Å². The highest BCUT2D eigenvalue weighted by atomic mass is 35.5. The molecule has 0 fully saturated rings. The molecule has 1 nitrogen and oxygen atoms in total. The third kappa shape index (κ3) is 3.18. The zero-order chi connectivity index (χ0) is 16.5. The molecular weight excluding hydrogens is 322 g/mol. The maximum absolute atomic E-state index is 13.2. The van der Waals surface area contributed by atoms with Gasteiger partial charge in [0.2, 0.25) is 0 Å². The Labute approximate surface area is 121 Å². The Kier molecular flexibility index (Phi) is 4.67. The quantitative estimate of drug-likeness (QED) is 0.414. The Hall–Kier alpha value is -1.63. The van der Waals surface area contributed by atoms with E-state index in [2.05, 4.69) is 17.9 Å². The van der Waals surface area contributed by atoms with Crippen LogP contribution in [0, 0.1) is 0 Å². The van der Waals surface area contributed by atoms with Crippen molar-refractivity contribution >= 4 is 11.6 Å². The predicted octanol–water partition coefficient (Wildman–Crippen LogP) is 5.29. The van der Waals surface area contributed by atoms with Gasteiger partial charge in [-0.05, 0) is 0 Å². The number of rotatable bonds is 4. The van der Waals surface area contributed by atoms with Crippen molar-refractivity contribution in [2.45, 2.75) is 18.0 Å². The molecule has 0 bridgehead atoms. The average Bonchev–Trinajstić information content (AvgIpc) is 2.33. The molecule has 0 spiro atoms. The molecule has 0 aliphatic rings. The second-order valence-electron chi connectivity index (χ2n) is 3.97. The molecule has 0 radical (unpaired) electrons. The van der Waals surface area contributed by atoms with Crippen molar-refractivity contribution in [3.63, 3.8) is 0 Å². The largest absolute Gasteiger partial charge is 0.463 e. The van der Waals surface area contributed by atoms with Gasteiger partial charge in [-0.15, -0.1) is 0 Å². The molecular formula is C13H9ClF6O. The third-order valence-electron chi connectivity index (χ3n) is 2.56. The number of hydrogen-bond acceptors (Lipinski definition) is 1. The first-order chi connectivity index (χ1) is 9.43. The van der Waals surface area contributed by atoms with Crippen LogP contribution < -0.4 is 0 Å². The normalized spacial score (nSPS) is 12.9. The molecule has 0 atom stereocenters. The number of ether oxygens (including phenoxy) is 1. The van der Waals surface area contributed by atoms with Crippen LogP contribution in [0.4, 0.5) is 26.3 Å². The van der Waals surface area contributed by atoms with Crippen LogP contribution in [0.2, 0.25) is 0 Å². The molecule has 8 heteroatoms. The molecule has 1 aromatic rings. The monoisotopic (exact) mass is 330 g/mol. The van der Waals surface area contributed by atoms with Gasteiger partial charge in [-0.1, -0.05) is 55.1 Å². The van der Waals surface area contributed by atoms with Crippen molar-refractivity contribution in [3.8, 4) is 0 Å². The van der Waals surface area contributed by atoms with E-state index >= 15 is 0 Å². The van der Waals surface area contributed by atoms with E-state index < -0.39 is 34.3 Å². The zero-order valence-corrected chi connectivity index (χ0v) is 11.1. The minimum absolute atomic E-state index is 0.658. The van der Waals surface area contributed by atoms with Gasteiger partial charge in [0.1, 0.15) is 5.76 Å². The standard InChI is InChI=1S/C13H9ClF6O/c1-8(14)9(2)21-11(12(15,16)17,13(18,19)20)10-6-4-3-5-7-10/h3-7H,1-2H2. The molecule has 0 amide bonds. The Bertz CT molecular complexity index is 518. The van der Waals surface area contributed by atoms with Gasteiger partial charge in [0.05, 0.1) is 5.03 Å². The van der Waals surface area contributed by atoms with Gasteiger partial charge in [-0.3, -0.25) is 0 Å². The molecule has 0 saturated heterocycles. The Morgan fingerprint density at radius 1 is 0.905 bits per heavy atom. The maximum Gasteiger partial charge on any atom is 0.442 e. The molecule has 1 rings (SSSR count). The summed E-state index contributed by atoms with van der Waals surface area (Å²) in [5.74, 6) is -1.02. The van der Waals surface area contributed by atoms with Crippen molar-refractivity contribution in [3.05, 3.63) is 59.8 Å². The van der Waals surface area contributed by atoms with Gasteiger partial charge in [-0.2, -0.15) is 26.3 Å². The summed E-state index contributed by atoms with van der Waals surface area (Å²) in [7, 11) is 0. The molecule has 1 aromatic carbocycles. The van der Waals surface area contributed by atoms with Crippen LogP contribution in [-0.4, -0.2) is 12.4 Å². The van der Waals surface area contributed by atoms with E-state index in [4.69, 9.17) is 11.6 Å². The van der Waals surface area contributed by atoms with E-state index in [0.717, 1.165) is 12.1 Å². The zero-order valence-electron chi connectivity index (χ0n) is 10.4. The molecule has 0 unspecified atom stereocenters. The first kappa shape index (κ1) is 17.4. The van der Waals surface area contributed by atoms with Crippen LogP contribution >= 0.6 is 11.6 Å². The number of benzene rings is 1. The summed E-state index contributed by atoms with van der Waals surface area (Å²) in [5.41, 5.74) is -5.71. The van der Waals surface area contributed by atoms with Crippen molar-refractivity contribution in [2.75, 3.05) is 0 Å². The lowest BCUT2D eigenvalue weighted by molar-refractivity contribution is -0.379. The lowest BCUT2D eigenvalue weighted by Crippen LogP contribution is -2.55. The van der Waals surface area contributed by atoms with Crippen LogP contribution in [0.25, 0.3) is 0 Å². The molecule has 0 aliphatic heterocycles. The molecule has 0 N–H and O–H groups in total. The van der Waals surface area contributed by atoms with E-state index in [0.29, 0.717) is 12.1 Å². The van der Waals surface area contributed by atoms with E-state index in [9.17, 15) is 26.3 Å². The van der Waals surface area contributed by atoms with Gasteiger partial charge >= 0.3 is 18.0 Å². The fourth-order valence-electron chi connectivity index (χ4n) is 1.58. The predicted molar refractivity (Wildman–Crippen MR) is 65.4 cm³/mol. The topological polar surface area (TPSA) is 9.23 Å². The highest BCUT2D eigenvalue weighted by Crippen LogP contribution is 2.54. The van der Waals surface area contributed by atoms with Crippen LogP contribution in [0.5, 0.6) is 0 Å². The van der Waals surface area contributed by atoms with Crippen molar-refractivity contribution in [1.82, 2.24) is 0 Å². The number of alkyl halides is 6. The molecule has 0 saturated carbocycles. The molecule has 0 heterocycles. The Morgan fingerprint density at radius 2 is 1.33 bits per heavy atom. The SMILES string of the molecule is C=C(Cl)C(=C)OC(c1ccccc1)(C(F)(F)F)C(F)(F)F. The minimum atomic E-state index is -5.79. The summed E-state index contributed by atoms with van der Waals surface area (Å²) >= 11 is 5.27. The highest BCUT2D eigenvalue weighted by molar-refractivity contribution is 6.31. The van der Waals surface area contributed by atoms with E-state index in [1.807, 2.05) is 0 Å². The molecule has 21 heavy (non-hydrogen) atoms. The summed E-state index contributed by atoms with van der Waals surface area (Å²) in [4.78, 5) is 0. The fourth-order valence-corrected chi connectivity index (χ4v) is 1.61. The van der Waals surface area contributed by atoms with E-state index in [1.54, 1.807) is 0 Å². The van der Waals surface area contributed by atoms with Gasteiger partial charge in [-0.25, -0.2) is 0 Å². The number of allylic oxidation sites excluding steroid dienone is 1. The van der Waals surface area contributed by atoms with Crippen LogP contribution in [-0.2, 0) is 10.3 Å². The smallest absolute Gasteiger partial charge is 0.442 e. The van der Waals surface area contributed by atoms with E-state index in [-0.39, 0.29) is 0 Å². The molecule has 116 valence electrons. The summed E-state index contributed by atoms with van der Waals surface area (Å²) in [6, 6.07) is 4.65. The summed E-state index contributed by atoms with van der Waals surface area (Å²) in [5, 5.41) is -0.663. The first-order valence-electron chi connectivity index (χ1n) is 5.35. The first-order valence-corrected chi connectivity index (χ1v) is 5.73. The third-order valence-corrected chi connectivity index (χ3v) is 2.77. The van der Waals surface area contributed by atoms with Gasteiger partial charge in [0.25, 0.3) is 0 Å². The van der Waals surface area contributed by atoms with Crippen molar-refractivity contribution in [2.24, 2.45) is 0 Å². The number of hydrogen-bond donors (Lipinski definition) is 0. The Morgan fingerprint density at radius 3 is 1.67 bits per heavy atom. The molecule has 0 aliphatic carbocycles. The maximum atomic E-state index is 13.2. The minimum Gasteiger partial charge on any atom is -0.463 e. The van der Waals surface area contributed by atoms with Gasteiger partial charge < -0.3 is 4.74 Å². The number of halogens is 7. The second-order valence-corrected chi connectivity index (χ2v) is 4.43. The Balaban J connectivity index is 3.60. The van der Waals surface area contributed by atoms with E-state index in [1.165, 1.54) is 6.07 Å². The summed E-state index contributed by atoms with van der Waals surface area (Å²) < 4.78 is 83.5. The second kappa shape index (κ2) is 5.63. The average molecular weight is 331 g/mol. The molecule has 0 aromatic heterocycles. The highest BCUT2D eigenvalue weighted by Gasteiger charge is 2.74. The van der Waals surface area contributed by atoms with Crippen LogP contribution in [0.3, 0.4) is 0 Å². The fraction of sp³-hybridized carbons (Fsp3) is 0.231. The summed E-state index contributed by atoms with van der Waals surface area (Å²) in [6.07, 6.45) is -11.6. The summed E-state index contributed by atoms with van der Waals surface area (Å²) in [6.45, 7) is 5.94. The lowest BCUT2D eigenvalue weighted by atomic mass is 9.91. The van der Waals surface area contributed by atoms with Crippen LogP contribution in [0.15, 0.2) is 54.3 Å². The van der Waals surface area contributed by atoms with Crippen LogP contribution in [0.1, 0.15) is 5.56 Å². The van der Waals surface area contributed by atoms with Gasteiger partial charge in [0.15, 0.2) is 0 Å².